The number of carbonyl (C=O) groups is 2. The monoisotopic (exact) mass is 261 g/mol. The highest BCUT2D eigenvalue weighted by atomic mass is 16.2. The van der Waals surface area contributed by atoms with Crippen LogP contribution in [0.4, 0.5) is 5.69 Å². The Balaban J connectivity index is 1.92. The lowest BCUT2D eigenvalue weighted by Gasteiger charge is -2.12. The fraction of sp³-hybridized carbons (Fsp3) is 0.429. The van der Waals surface area contributed by atoms with Crippen LogP contribution >= 0.6 is 0 Å². The molecule has 1 fully saturated rings. The van der Waals surface area contributed by atoms with E-state index >= 15 is 0 Å². The van der Waals surface area contributed by atoms with Crippen molar-refractivity contribution in [2.45, 2.75) is 13.0 Å². The van der Waals surface area contributed by atoms with Crippen LogP contribution in [0.2, 0.25) is 0 Å². The molecule has 0 aliphatic carbocycles. The van der Waals surface area contributed by atoms with Crippen molar-refractivity contribution in [1.82, 2.24) is 10.2 Å². The van der Waals surface area contributed by atoms with Crippen LogP contribution in [0.15, 0.2) is 24.3 Å². The average Bonchev–Trinajstić information content (AvgIpc) is 2.78. The Morgan fingerprint density at radius 3 is 2.58 bits per heavy atom. The van der Waals surface area contributed by atoms with Crippen molar-refractivity contribution in [1.29, 1.82) is 0 Å². The van der Waals surface area contributed by atoms with Crippen molar-refractivity contribution in [3.8, 4) is 0 Å². The first-order valence-electron chi connectivity index (χ1n) is 6.36. The zero-order valence-electron chi connectivity index (χ0n) is 11.3. The van der Waals surface area contributed by atoms with Gasteiger partial charge in [-0.2, -0.15) is 0 Å². The molecule has 0 bridgehead atoms. The van der Waals surface area contributed by atoms with Gasteiger partial charge in [-0.15, -0.1) is 0 Å². The molecule has 1 unspecified atom stereocenters. The van der Waals surface area contributed by atoms with E-state index in [9.17, 15) is 9.59 Å². The third-order valence-corrected chi connectivity index (χ3v) is 3.07. The molecule has 1 heterocycles. The van der Waals surface area contributed by atoms with Crippen molar-refractivity contribution in [3.05, 3.63) is 29.8 Å². The molecule has 0 radical (unpaired) electrons. The maximum absolute atomic E-state index is 11.9. The molecular weight excluding hydrogens is 242 g/mol. The van der Waals surface area contributed by atoms with Gasteiger partial charge in [-0.25, -0.2) is 0 Å². The van der Waals surface area contributed by atoms with Crippen LogP contribution in [0.25, 0.3) is 0 Å². The zero-order valence-corrected chi connectivity index (χ0v) is 11.3. The first-order valence-corrected chi connectivity index (χ1v) is 6.36. The molecule has 0 aromatic heterocycles. The Labute approximate surface area is 113 Å². The van der Waals surface area contributed by atoms with Crippen LogP contribution in [0.3, 0.4) is 0 Å². The van der Waals surface area contributed by atoms with Gasteiger partial charge in [0.05, 0.1) is 5.92 Å². The minimum Gasteiger partial charge on any atom is -0.355 e. The molecule has 2 N–H and O–H groups in total. The molecule has 5 nitrogen and oxygen atoms in total. The van der Waals surface area contributed by atoms with E-state index in [0.29, 0.717) is 6.54 Å². The van der Waals surface area contributed by atoms with E-state index in [1.54, 1.807) is 0 Å². The third-order valence-electron chi connectivity index (χ3n) is 3.07. The van der Waals surface area contributed by atoms with Gasteiger partial charge in [-0.1, -0.05) is 12.1 Å². The van der Waals surface area contributed by atoms with E-state index in [1.165, 1.54) is 5.56 Å². The molecule has 0 saturated carbocycles. The number of rotatable bonds is 4. The standard InChI is InChI=1S/C14H19N3O2/c1-17(2)9-10-3-5-12(6-4-10)16-14(19)11-7-13(18)15-8-11/h3-6,11H,7-9H2,1-2H3,(H,15,18)(H,16,19). The van der Waals surface area contributed by atoms with Crippen LogP contribution in [0.5, 0.6) is 0 Å². The van der Waals surface area contributed by atoms with Crippen LogP contribution in [-0.4, -0.2) is 37.4 Å². The minimum absolute atomic E-state index is 0.0542. The van der Waals surface area contributed by atoms with Crippen LogP contribution in [0.1, 0.15) is 12.0 Å². The number of carbonyl (C=O) groups excluding carboxylic acids is 2. The van der Waals surface area contributed by atoms with Crippen molar-refractivity contribution in [2.75, 3.05) is 26.0 Å². The number of benzene rings is 1. The molecule has 1 aliphatic rings. The van der Waals surface area contributed by atoms with E-state index in [0.717, 1.165) is 12.2 Å². The first kappa shape index (κ1) is 13.5. The molecule has 5 heteroatoms. The molecule has 1 aromatic rings. The molecule has 102 valence electrons. The average molecular weight is 261 g/mol. The van der Waals surface area contributed by atoms with Gasteiger partial charge in [0, 0.05) is 25.2 Å². The molecular formula is C14H19N3O2. The second-order valence-electron chi connectivity index (χ2n) is 5.13. The summed E-state index contributed by atoms with van der Waals surface area (Å²) in [5, 5.41) is 5.50. The second-order valence-corrected chi connectivity index (χ2v) is 5.13. The summed E-state index contributed by atoms with van der Waals surface area (Å²) >= 11 is 0. The van der Waals surface area contributed by atoms with Gasteiger partial charge < -0.3 is 15.5 Å². The lowest BCUT2D eigenvalue weighted by atomic mass is 10.1. The normalized spacial score (nSPS) is 18.5. The highest BCUT2D eigenvalue weighted by molar-refractivity contribution is 5.97. The number of hydrogen-bond donors (Lipinski definition) is 2. The lowest BCUT2D eigenvalue weighted by Crippen LogP contribution is -2.24. The number of amides is 2. The van der Waals surface area contributed by atoms with Gasteiger partial charge in [0.1, 0.15) is 0 Å². The van der Waals surface area contributed by atoms with Gasteiger partial charge in [0.2, 0.25) is 11.8 Å². The van der Waals surface area contributed by atoms with E-state index in [2.05, 4.69) is 15.5 Å². The second kappa shape index (κ2) is 5.84. The number of nitrogens with zero attached hydrogens (tertiary/aromatic N) is 1. The SMILES string of the molecule is CN(C)Cc1ccc(NC(=O)C2CNC(=O)C2)cc1. The molecule has 1 saturated heterocycles. The van der Waals surface area contributed by atoms with Gasteiger partial charge in [-0.3, -0.25) is 9.59 Å². The number of anilines is 1. The molecule has 2 amide bonds. The van der Waals surface area contributed by atoms with E-state index < -0.39 is 0 Å². The zero-order chi connectivity index (χ0) is 13.8. The van der Waals surface area contributed by atoms with Crippen molar-refractivity contribution >= 4 is 17.5 Å². The summed E-state index contributed by atoms with van der Waals surface area (Å²) in [5.74, 6) is -0.408. The molecule has 1 atom stereocenters. The van der Waals surface area contributed by atoms with Crippen LogP contribution in [-0.2, 0) is 16.1 Å². The smallest absolute Gasteiger partial charge is 0.229 e. The summed E-state index contributed by atoms with van der Waals surface area (Å²) in [6.45, 7) is 1.30. The van der Waals surface area contributed by atoms with Crippen LogP contribution in [0, 0.1) is 5.92 Å². The Morgan fingerprint density at radius 2 is 2.05 bits per heavy atom. The van der Waals surface area contributed by atoms with E-state index in [1.807, 2.05) is 38.4 Å². The van der Waals surface area contributed by atoms with Gasteiger partial charge in [-0.05, 0) is 31.8 Å². The quantitative estimate of drug-likeness (QED) is 0.843. The largest absolute Gasteiger partial charge is 0.355 e. The Morgan fingerprint density at radius 1 is 1.37 bits per heavy atom. The van der Waals surface area contributed by atoms with Crippen molar-refractivity contribution < 1.29 is 9.59 Å². The molecule has 1 aliphatic heterocycles. The minimum atomic E-state index is -0.256. The summed E-state index contributed by atoms with van der Waals surface area (Å²) in [7, 11) is 4.03. The summed E-state index contributed by atoms with van der Waals surface area (Å²) in [4.78, 5) is 25.1. The van der Waals surface area contributed by atoms with Gasteiger partial charge in [0.25, 0.3) is 0 Å². The van der Waals surface area contributed by atoms with E-state index in [-0.39, 0.29) is 24.2 Å². The summed E-state index contributed by atoms with van der Waals surface area (Å²) in [6.07, 6.45) is 0.282. The lowest BCUT2D eigenvalue weighted by molar-refractivity contribution is -0.123. The maximum Gasteiger partial charge on any atom is 0.229 e. The van der Waals surface area contributed by atoms with Crippen molar-refractivity contribution in [3.63, 3.8) is 0 Å². The predicted molar refractivity (Wildman–Crippen MR) is 73.6 cm³/mol. The number of hydrogen-bond acceptors (Lipinski definition) is 3. The first-order chi connectivity index (χ1) is 9.04. The molecule has 0 spiro atoms. The summed E-state index contributed by atoms with van der Waals surface area (Å²) in [6, 6.07) is 7.77. The topological polar surface area (TPSA) is 61.4 Å². The third kappa shape index (κ3) is 3.79. The van der Waals surface area contributed by atoms with Gasteiger partial charge >= 0.3 is 0 Å². The van der Waals surface area contributed by atoms with Gasteiger partial charge in [0.15, 0.2) is 0 Å². The highest BCUT2D eigenvalue weighted by Gasteiger charge is 2.27. The van der Waals surface area contributed by atoms with Crippen LogP contribution < -0.4 is 10.6 Å². The Bertz CT molecular complexity index is 468. The Hall–Kier alpha value is -1.88. The van der Waals surface area contributed by atoms with E-state index in [4.69, 9.17) is 0 Å². The fourth-order valence-electron chi connectivity index (χ4n) is 2.09. The molecule has 2 rings (SSSR count). The molecule has 1 aromatic carbocycles. The number of nitrogens with one attached hydrogen (secondary N) is 2. The van der Waals surface area contributed by atoms with Crippen molar-refractivity contribution in [2.24, 2.45) is 5.92 Å². The molecule has 19 heavy (non-hydrogen) atoms. The maximum atomic E-state index is 11.9. The predicted octanol–water partition coefficient (Wildman–Crippen LogP) is 0.823. The highest BCUT2D eigenvalue weighted by Crippen LogP contribution is 2.15. The fourth-order valence-corrected chi connectivity index (χ4v) is 2.09. The Kier molecular flexibility index (Phi) is 4.16. The summed E-state index contributed by atoms with van der Waals surface area (Å²) < 4.78 is 0. The summed E-state index contributed by atoms with van der Waals surface area (Å²) in [5.41, 5.74) is 1.97.